The molecule has 750 valence electrons. The first-order chi connectivity index (χ1) is 66.3. The molecule has 11 fully saturated rings. The van der Waals surface area contributed by atoms with E-state index in [2.05, 4.69) is 168 Å². The number of anilines is 8. The summed E-state index contributed by atoms with van der Waals surface area (Å²) in [6, 6.07) is 25.2. The number of likely N-dealkylation sites (tertiary alicyclic amines) is 4. The van der Waals surface area contributed by atoms with Gasteiger partial charge < -0.3 is 80.9 Å². The lowest BCUT2D eigenvalue weighted by Crippen LogP contribution is -2.58. The van der Waals surface area contributed by atoms with Crippen molar-refractivity contribution in [2.45, 2.75) is 208 Å². The van der Waals surface area contributed by atoms with Crippen LogP contribution in [0.4, 0.5) is 51.5 Å². The number of aromatic nitrogens is 8. The molecule has 27 nitrogen and oxygen atoms in total. The number of rotatable bonds is 28. The second-order valence-corrected chi connectivity index (χ2v) is 46.3. The zero-order valence-corrected chi connectivity index (χ0v) is 88.7. The number of benzene rings is 4. The van der Waals surface area contributed by atoms with E-state index in [0.29, 0.717) is 93.2 Å². The van der Waals surface area contributed by atoms with Crippen LogP contribution in [0.3, 0.4) is 0 Å². The Morgan fingerprint density at radius 1 is 0.388 bits per heavy atom. The molecule has 11 aliphatic rings. The summed E-state index contributed by atoms with van der Waals surface area (Å²) in [5.41, 5.74) is 6.85. The van der Waals surface area contributed by atoms with Crippen molar-refractivity contribution in [3.05, 3.63) is 182 Å². The molecule has 3 saturated carbocycles. The third-order valence-corrected chi connectivity index (χ3v) is 34.7. The molecule has 35 heteroatoms. The molecule has 4 aromatic carbocycles. The topological polar surface area (TPSA) is 309 Å². The van der Waals surface area contributed by atoms with E-state index >= 15 is 0 Å². The van der Waals surface area contributed by atoms with Crippen molar-refractivity contribution in [3.8, 4) is 0 Å². The van der Waals surface area contributed by atoms with Crippen molar-refractivity contribution in [2.75, 3.05) is 159 Å². The lowest BCUT2D eigenvalue weighted by Gasteiger charge is -2.52. The van der Waals surface area contributed by atoms with Gasteiger partial charge in [-0.15, -0.1) is 0 Å². The summed E-state index contributed by atoms with van der Waals surface area (Å²) in [5.74, 6) is 7.71. The minimum absolute atomic E-state index is 0.00370. The lowest BCUT2D eigenvalue weighted by molar-refractivity contribution is -0.159. The van der Waals surface area contributed by atoms with Gasteiger partial charge in [0.05, 0.1) is 68.4 Å². The maximum Gasteiger partial charge on any atom is 0.309 e. The molecule has 8 unspecified atom stereocenters. The third kappa shape index (κ3) is 24.5. The summed E-state index contributed by atoms with van der Waals surface area (Å²) in [6.07, 6.45) is 20.9. The summed E-state index contributed by atoms with van der Waals surface area (Å²) in [7, 11) is 0. The fourth-order valence-electron chi connectivity index (χ4n) is 22.7. The molecule has 4 aromatic heterocycles. The standard InChI is InChI=1S/2C27H35BrClN5O2.C27H35ClFN5O2.C23H31Cl2N5O/c2*1-16-6-7-21(23(29)9-16)17(2)31-24-22(28)12-30-26(32-24)34-14-19(15-34)18-5-4-8-33(13-18)20-10-27(3,11-20)25(35)36;1-16-6-7-21(22(28)9-16)17(2)31-24-23(29)12-30-26(32-24)34-14-19(15-34)18-5-4-8-33(13-18)20-10-27(3,11-20)25(35)36;1-15-5-6-19(20(24)10-15)16(2)27-22-21(25)11-26-23(28-22)30-13-18(14-30)17-4-3-7-29(12-17)8-9-31/h3*6-7,9,12,17-20H,4-5,8,10-11,13-15H2,1-3H3,(H,35,36)(H,30,31,32);5-6,10-11,16-18,31H,3-4,7-9,12-14H2,1-2H3,(H,26,27,28). The molecule has 0 bridgehead atoms. The summed E-state index contributed by atoms with van der Waals surface area (Å²) in [6.45, 7) is 39.1. The van der Waals surface area contributed by atoms with E-state index in [1.54, 1.807) is 6.20 Å². The quantitative estimate of drug-likeness (QED) is 0.0226. The second kappa shape index (κ2) is 44.8. The average Bonchev–Trinajstić information content (AvgIpc) is 0.779. The van der Waals surface area contributed by atoms with Crippen LogP contribution in [0.5, 0.6) is 0 Å². The monoisotopic (exact) mass is 2130 g/mol. The van der Waals surface area contributed by atoms with E-state index in [0.717, 1.165) is 248 Å². The van der Waals surface area contributed by atoms with Gasteiger partial charge in [0, 0.05) is 136 Å². The van der Waals surface area contributed by atoms with Gasteiger partial charge in [0.15, 0.2) is 17.5 Å². The Labute approximate surface area is 859 Å². The van der Waals surface area contributed by atoms with Crippen LogP contribution in [-0.2, 0) is 14.4 Å². The highest BCUT2D eigenvalue weighted by molar-refractivity contribution is 9.11. The number of hydrogen-bond acceptors (Lipinski definition) is 24. The van der Waals surface area contributed by atoms with Gasteiger partial charge in [0.2, 0.25) is 23.8 Å². The van der Waals surface area contributed by atoms with Crippen molar-refractivity contribution in [2.24, 2.45) is 63.6 Å². The summed E-state index contributed by atoms with van der Waals surface area (Å²) >= 11 is 39.4. The van der Waals surface area contributed by atoms with E-state index in [1.165, 1.54) is 51.1 Å². The number of aliphatic hydroxyl groups excluding tert-OH is 1. The van der Waals surface area contributed by atoms with E-state index in [-0.39, 0.29) is 36.6 Å². The Morgan fingerprint density at radius 2 is 0.662 bits per heavy atom. The molecule has 8 aliphatic heterocycles. The molecule has 19 rings (SSSR count). The molecule has 8 aromatic rings. The first-order valence-electron chi connectivity index (χ1n) is 49.8. The molecule has 0 spiro atoms. The predicted octanol–water partition coefficient (Wildman–Crippen LogP) is 21.1. The van der Waals surface area contributed by atoms with Gasteiger partial charge in [-0.2, -0.15) is 19.9 Å². The van der Waals surface area contributed by atoms with Gasteiger partial charge in [-0.05, 0) is 340 Å². The number of nitrogens with one attached hydrogen (secondary N) is 4. The van der Waals surface area contributed by atoms with Crippen LogP contribution in [0.2, 0.25) is 25.1 Å². The maximum absolute atomic E-state index is 14.5. The minimum atomic E-state index is -0.675. The Hall–Kier alpha value is -7.85. The zero-order chi connectivity index (χ0) is 98.8. The maximum atomic E-state index is 14.5. The van der Waals surface area contributed by atoms with E-state index in [4.69, 9.17) is 73.0 Å². The molecule has 8 saturated heterocycles. The summed E-state index contributed by atoms with van der Waals surface area (Å²) < 4.78 is 16.2. The van der Waals surface area contributed by atoms with Gasteiger partial charge in [0.25, 0.3) is 0 Å². The first kappa shape index (κ1) is 104. The normalized spacial score (nSPS) is 26.3. The lowest BCUT2D eigenvalue weighted by atomic mass is 9.65. The predicted molar refractivity (Wildman–Crippen MR) is 560 cm³/mol. The Balaban J connectivity index is 0.000000134. The molecule has 0 radical (unpaired) electrons. The van der Waals surface area contributed by atoms with Crippen molar-refractivity contribution >= 4 is 155 Å². The van der Waals surface area contributed by atoms with E-state index < -0.39 is 40.0 Å². The minimum Gasteiger partial charge on any atom is -0.481 e. The van der Waals surface area contributed by atoms with Gasteiger partial charge in [0.1, 0.15) is 16.7 Å². The molecule has 8 N–H and O–H groups in total. The van der Waals surface area contributed by atoms with Crippen LogP contribution in [0.25, 0.3) is 0 Å². The van der Waals surface area contributed by atoms with Crippen LogP contribution >= 0.6 is 89.9 Å². The highest BCUT2D eigenvalue weighted by Crippen LogP contribution is 2.50. The number of carboxylic acid groups (broad SMARTS) is 3. The molecular weight excluding hydrogens is 2000 g/mol. The van der Waals surface area contributed by atoms with Gasteiger partial charge in [-0.3, -0.25) is 14.4 Å². The number of halogens is 8. The van der Waals surface area contributed by atoms with E-state index in [1.807, 2.05) is 110 Å². The summed E-state index contributed by atoms with van der Waals surface area (Å²) in [4.78, 5) is 90.1. The van der Waals surface area contributed by atoms with Crippen LogP contribution in [0, 0.1) is 97.1 Å². The third-order valence-electron chi connectivity index (χ3n) is 31.9. The highest BCUT2D eigenvalue weighted by atomic mass is 79.9. The number of aliphatic hydroxyl groups is 1. The Kier molecular flexibility index (Phi) is 33.5. The molecule has 12 heterocycles. The number of aryl methyl sites for hydroxylation is 4. The molecular formula is C104H136Br2Cl5FN20O7. The van der Waals surface area contributed by atoms with Crippen LogP contribution in [0.1, 0.15) is 207 Å². The average molecular weight is 2130 g/mol. The molecule has 0 amide bonds. The summed E-state index contributed by atoms with van der Waals surface area (Å²) in [5, 5.41) is 54.5. The van der Waals surface area contributed by atoms with Crippen molar-refractivity contribution in [1.82, 2.24) is 59.5 Å². The molecule has 139 heavy (non-hydrogen) atoms. The molecule has 8 atom stereocenters. The Morgan fingerprint density at radius 3 is 0.971 bits per heavy atom. The number of aliphatic carboxylic acids is 3. The number of hydrogen-bond donors (Lipinski definition) is 8. The Bertz CT molecular complexity index is 5250. The second-order valence-electron chi connectivity index (χ2n) is 42.6. The van der Waals surface area contributed by atoms with Crippen molar-refractivity contribution < 1.29 is 39.2 Å². The number of β-amino-alcohol motifs (C(OH)–C–C–N with tert-alkyl or cyclic N) is 1. The fourth-order valence-corrected chi connectivity index (χ4v) is 25.1. The number of carboxylic acids is 3. The van der Waals surface area contributed by atoms with Gasteiger partial charge >= 0.3 is 17.9 Å². The number of nitrogens with zero attached hydrogens (tertiary/aromatic N) is 16. The van der Waals surface area contributed by atoms with Gasteiger partial charge in [-0.1, -0.05) is 107 Å². The SMILES string of the molecule is Cc1ccc(C(C)Nc2nc(N3CC(C4CCCN(C5CC(C)(C(=O)O)C5)C4)C3)ncc2Br)c(Cl)c1.Cc1ccc(C(C)Nc2nc(N3CC(C4CCCN(C5CC(C)(C(=O)O)C5)C4)C3)ncc2Br)c(Cl)c1.Cc1ccc(C(C)Nc2nc(N3CC(C4CCCN(C5CC(C)(C(=O)O)C5)C4)C3)ncc2F)c(Cl)c1.Cc1ccc(C(C)Nc2nc(N3CC(C4CCCN(CCO)C4)C3)ncc2Cl)c(Cl)c1. The van der Waals surface area contributed by atoms with Crippen molar-refractivity contribution in [1.29, 1.82) is 0 Å². The highest BCUT2D eigenvalue weighted by Gasteiger charge is 2.54. The number of carbonyl (C=O) groups is 3. The van der Waals surface area contributed by atoms with Crippen molar-refractivity contribution in [3.63, 3.8) is 0 Å². The first-order valence-corrected chi connectivity index (χ1v) is 53.3. The van der Waals surface area contributed by atoms with Crippen LogP contribution in [-0.4, -0.2) is 234 Å². The van der Waals surface area contributed by atoms with Gasteiger partial charge in [-0.25, -0.2) is 24.3 Å². The smallest absolute Gasteiger partial charge is 0.309 e. The fraction of sp³-hybridized carbons (Fsp3) is 0.587. The van der Waals surface area contributed by atoms with Crippen LogP contribution in [0.15, 0.2) is 107 Å². The number of piperidine rings is 4. The largest absolute Gasteiger partial charge is 0.481 e. The van der Waals surface area contributed by atoms with E-state index in [9.17, 15) is 39.2 Å². The van der Waals surface area contributed by atoms with Crippen LogP contribution < -0.4 is 40.9 Å². The molecule has 3 aliphatic carbocycles. The zero-order valence-electron chi connectivity index (χ0n) is 81.7.